The first-order chi connectivity index (χ1) is 12.7. The fourth-order valence-corrected chi connectivity index (χ4v) is 3.22. The third-order valence-electron chi connectivity index (χ3n) is 4.57. The predicted molar refractivity (Wildman–Crippen MR) is 106 cm³/mol. The van der Waals surface area contributed by atoms with E-state index in [4.69, 9.17) is 4.74 Å². The van der Waals surface area contributed by atoms with E-state index in [0.717, 1.165) is 69.1 Å². The third-order valence-corrected chi connectivity index (χ3v) is 4.57. The number of ether oxygens (including phenoxy) is 1. The van der Waals surface area contributed by atoms with E-state index < -0.39 is 0 Å². The molecule has 1 N–H and O–H groups in total. The number of morpholine rings is 1. The summed E-state index contributed by atoms with van der Waals surface area (Å²) in [6, 6.07) is 10.5. The summed E-state index contributed by atoms with van der Waals surface area (Å²) < 4.78 is 5.40. The average Bonchev–Trinajstić information content (AvgIpc) is 2.63. The molecule has 0 unspecified atom stereocenters. The van der Waals surface area contributed by atoms with Gasteiger partial charge in [0.05, 0.1) is 13.2 Å². The Hall–Kier alpha value is -2.18. The monoisotopic (exact) mass is 355 g/mol. The number of hydrogen-bond donors (Lipinski definition) is 1. The topological polar surface area (TPSA) is 53.5 Å². The average molecular weight is 355 g/mol. The molecule has 6 nitrogen and oxygen atoms in total. The van der Waals surface area contributed by atoms with Crippen LogP contribution in [0.4, 0.5) is 17.3 Å². The second-order valence-corrected chi connectivity index (χ2v) is 6.62. The first-order valence-electron chi connectivity index (χ1n) is 9.39. The Morgan fingerprint density at radius 3 is 2.69 bits per heavy atom. The van der Waals surface area contributed by atoms with Crippen LogP contribution in [-0.2, 0) is 4.74 Å². The van der Waals surface area contributed by atoms with Gasteiger partial charge >= 0.3 is 0 Å². The van der Waals surface area contributed by atoms with Crippen molar-refractivity contribution in [3.63, 3.8) is 0 Å². The summed E-state index contributed by atoms with van der Waals surface area (Å²) in [5.41, 5.74) is 2.40. The number of benzene rings is 1. The Labute approximate surface area is 156 Å². The number of hydrogen-bond acceptors (Lipinski definition) is 6. The summed E-state index contributed by atoms with van der Waals surface area (Å²) in [7, 11) is 0. The highest BCUT2D eigenvalue weighted by atomic mass is 16.5. The lowest BCUT2D eigenvalue weighted by Crippen LogP contribution is -2.39. The van der Waals surface area contributed by atoms with E-state index in [0.29, 0.717) is 0 Å². The number of rotatable bonds is 7. The van der Waals surface area contributed by atoms with Crippen LogP contribution in [0.25, 0.3) is 0 Å². The predicted octanol–water partition coefficient (Wildman–Crippen LogP) is 3.00. The summed E-state index contributed by atoms with van der Waals surface area (Å²) in [4.78, 5) is 13.8. The van der Waals surface area contributed by atoms with E-state index >= 15 is 0 Å². The van der Waals surface area contributed by atoms with Gasteiger partial charge < -0.3 is 15.0 Å². The van der Waals surface area contributed by atoms with Gasteiger partial charge in [-0.1, -0.05) is 12.1 Å². The van der Waals surface area contributed by atoms with Crippen LogP contribution < -0.4 is 10.2 Å². The number of aryl methyl sites for hydroxylation is 2. The summed E-state index contributed by atoms with van der Waals surface area (Å²) in [6.45, 7) is 12.6. The second kappa shape index (κ2) is 8.96. The van der Waals surface area contributed by atoms with Crippen LogP contribution in [-0.4, -0.2) is 60.8 Å². The summed E-state index contributed by atoms with van der Waals surface area (Å²) in [6.07, 6.45) is 0. The molecule has 2 aromatic rings. The molecule has 1 fully saturated rings. The molecule has 0 amide bonds. The van der Waals surface area contributed by atoms with Crippen molar-refractivity contribution in [3.05, 3.63) is 41.7 Å². The van der Waals surface area contributed by atoms with Crippen molar-refractivity contribution in [1.29, 1.82) is 0 Å². The van der Waals surface area contributed by atoms with Crippen molar-refractivity contribution < 1.29 is 4.74 Å². The minimum absolute atomic E-state index is 0.780. The molecule has 2 heterocycles. The molecule has 0 bridgehead atoms. The largest absolute Gasteiger partial charge is 0.379 e. The minimum Gasteiger partial charge on any atom is -0.379 e. The molecule has 26 heavy (non-hydrogen) atoms. The highest BCUT2D eigenvalue weighted by molar-refractivity contribution is 5.63. The van der Waals surface area contributed by atoms with Gasteiger partial charge in [0.1, 0.15) is 17.5 Å². The smallest absolute Gasteiger partial charge is 0.138 e. The maximum absolute atomic E-state index is 5.40. The molecule has 0 saturated carbocycles. The molecule has 0 spiro atoms. The van der Waals surface area contributed by atoms with Crippen molar-refractivity contribution in [2.75, 3.05) is 56.2 Å². The summed E-state index contributed by atoms with van der Waals surface area (Å²) >= 11 is 0. The second-order valence-electron chi connectivity index (χ2n) is 6.62. The zero-order chi connectivity index (χ0) is 18.4. The molecule has 1 aliphatic heterocycles. The van der Waals surface area contributed by atoms with Gasteiger partial charge in [0, 0.05) is 44.5 Å². The molecule has 140 valence electrons. The van der Waals surface area contributed by atoms with Crippen molar-refractivity contribution in [1.82, 2.24) is 14.9 Å². The summed E-state index contributed by atoms with van der Waals surface area (Å²) in [5, 5.41) is 3.45. The molecular formula is C20H29N5O. The number of aromatic nitrogens is 2. The highest BCUT2D eigenvalue weighted by Crippen LogP contribution is 2.25. The number of anilines is 3. The van der Waals surface area contributed by atoms with E-state index in [-0.39, 0.29) is 0 Å². The fourth-order valence-electron chi connectivity index (χ4n) is 3.22. The molecule has 0 radical (unpaired) electrons. The zero-order valence-corrected chi connectivity index (χ0v) is 16.0. The number of nitrogens with zero attached hydrogens (tertiary/aromatic N) is 4. The van der Waals surface area contributed by atoms with E-state index in [9.17, 15) is 0 Å². The Bertz CT molecular complexity index is 715. The van der Waals surface area contributed by atoms with Crippen molar-refractivity contribution in [2.24, 2.45) is 0 Å². The lowest BCUT2D eigenvalue weighted by molar-refractivity contribution is 0.0398. The first-order valence-corrected chi connectivity index (χ1v) is 9.39. The Balaban J connectivity index is 1.69. The maximum Gasteiger partial charge on any atom is 0.138 e. The Morgan fingerprint density at radius 1 is 1.15 bits per heavy atom. The van der Waals surface area contributed by atoms with Gasteiger partial charge in [0.15, 0.2) is 0 Å². The minimum atomic E-state index is 0.780. The Kier molecular flexibility index (Phi) is 6.41. The van der Waals surface area contributed by atoms with Crippen LogP contribution in [0.2, 0.25) is 0 Å². The van der Waals surface area contributed by atoms with Gasteiger partial charge in [0.25, 0.3) is 0 Å². The molecule has 6 heteroatoms. The molecule has 0 aliphatic carbocycles. The van der Waals surface area contributed by atoms with Crippen molar-refractivity contribution in [3.8, 4) is 0 Å². The van der Waals surface area contributed by atoms with Crippen molar-refractivity contribution in [2.45, 2.75) is 20.8 Å². The summed E-state index contributed by atoms with van der Waals surface area (Å²) in [5.74, 6) is 2.59. The lowest BCUT2D eigenvalue weighted by Gasteiger charge is -2.26. The van der Waals surface area contributed by atoms with Crippen LogP contribution in [0.5, 0.6) is 0 Å². The van der Waals surface area contributed by atoms with Gasteiger partial charge in [-0.25, -0.2) is 9.97 Å². The molecule has 1 aliphatic rings. The lowest BCUT2D eigenvalue weighted by atomic mass is 10.2. The van der Waals surface area contributed by atoms with Gasteiger partial charge in [0.2, 0.25) is 0 Å². The van der Waals surface area contributed by atoms with Gasteiger partial charge in [-0.15, -0.1) is 0 Å². The van der Waals surface area contributed by atoms with Crippen LogP contribution in [0.3, 0.4) is 0 Å². The molecule has 1 aromatic heterocycles. The SMILES string of the molecule is CCN(c1cccc(C)c1)c1cc(NCCN2CCOCC2)nc(C)n1. The molecule has 1 saturated heterocycles. The van der Waals surface area contributed by atoms with E-state index in [2.05, 4.69) is 63.2 Å². The van der Waals surface area contributed by atoms with Crippen LogP contribution in [0, 0.1) is 13.8 Å². The van der Waals surface area contributed by atoms with E-state index in [1.54, 1.807) is 0 Å². The van der Waals surface area contributed by atoms with Crippen LogP contribution in [0.1, 0.15) is 18.3 Å². The number of nitrogens with one attached hydrogen (secondary N) is 1. The standard InChI is InChI=1S/C20H29N5O/c1-4-25(18-7-5-6-16(2)14-18)20-15-19(22-17(3)23-20)21-8-9-24-10-12-26-13-11-24/h5-7,14-15H,4,8-13H2,1-3H3,(H,21,22,23). The quantitative estimate of drug-likeness (QED) is 0.824. The third kappa shape index (κ3) is 4.93. The van der Waals surface area contributed by atoms with Gasteiger partial charge in [-0.05, 0) is 38.5 Å². The van der Waals surface area contributed by atoms with Gasteiger partial charge in [-0.2, -0.15) is 0 Å². The molecule has 3 rings (SSSR count). The van der Waals surface area contributed by atoms with Crippen molar-refractivity contribution >= 4 is 17.3 Å². The van der Waals surface area contributed by atoms with Crippen LogP contribution in [0.15, 0.2) is 30.3 Å². The molecule has 0 atom stereocenters. The normalized spacial score (nSPS) is 15.0. The molecule has 1 aromatic carbocycles. The maximum atomic E-state index is 5.40. The fraction of sp³-hybridized carbons (Fsp3) is 0.500. The highest BCUT2D eigenvalue weighted by Gasteiger charge is 2.13. The van der Waals surface area contributed by atoms with Gasteiger partial charge in [-0.3, -0.25) is 4.90 Å². The zero-order valence-electron chi connectivity index (χ0n) is 16.0. The first kappa shape index (κ1) is 18.6. The Morgan fingerprint density at radius 2 is 1.96 bits per heavy atom. The van der Waals surface area contributed by atoms with E-state index in [1.165, 1.54) is 5.56 Å². The molecular weight excluding hydrogens is 326 g/mol. The van der Waals surface area contributed by atoms with Crippen LogP contribution >= 0.6 is 0 Å². The van der Waals surface area contributed by atoms with E-state index in [1.807, 2.05) is 13.0 Å².